The van der Waals surface area contributed by atoms with Gasteiger partial charge in [0, 0.05) is 12.1 Å². The highest BCUT2D eigenvalue weighted by molar-refractivity contribution is 6.33. The van der Waals surface area contributed by atoms with Crippen LogP contribution in [0, 0.1) is 5.82 Å². The predicted octanol–water partition coefficient (Wildman–Crippen LogP) is 3.24. The van der Waals surface area contributed by atoms with Crippen LogP contribution in [-0.4, -0.2) is 11.5 Å². The summed E-state index contributed by atoms with van der Waals surface area (Å²) in [6.45, 7) is 3.43. The zero-order chi connectivity index (χ0) is 12.3. The molecule has 0 aliphatic carbocycles. The molecular weight excluding hydrogens is 243 g/mol. The van der Waals surface area contributed by atoms with E-state index < -0.39 is 0 Å². The second-order valence-corrected chi connectivity index (χ2v) is 3.94. The highest BCUT2D eigenvalue weighted by Gasteiger charge is 2.13. The van der Waals surface area contributed by atoms with Gasteiger partial charge in [0.25, 0.3) is 0 Å². The number of halogens is 2. The van der Waals surface area contributed by atoms with E-state index in [0.29, 0.717) is 22.9 Å². The molecule has 90 valence electrons. The maximum atomic E-state index is 12.9. The number of oxazole rings is 1. The maximum Gasteiger partial charge on any atom is 0.181 e. The van der Waals surface area contributed by atoms with E-state index in [0.717, 1.165) is 12.2 Å². The van der Waals surface area contributed by atoms with Crippen molar-refractivity contribution in [3.63, 3.8) is 0 Å². The molecule has 1 heterocycles. The molecule has 0 saturated carbocycles. The Morgan fingerprint density at radius 1 is 1.47 bits per heavy atom. The van der Waals surface area contributed by atoms with Gasteiger partial charge < -0.3 is 9.73 Å². The zero-order valence-electron chi connectivity index (χ0n) is 9.34. The Bertz CT molecular complexity index is 513. The summed E-state index contributed by atoms with van der Waals surface area (Å²) in [5, 5.41) is 3.47. The van der Waals surface area contributed by atoms with Gasteiger partial charge in [0.2, 0.25) is 0 Å². The Morgan fingerprint density at radius 2 is 2.29 bits per heavy atom. The van der Waals surface area contributed by atoms with Crippen molar-refractivity contribution < 1.29 is 8.81 Å². The monoisotopic (exact) mass is 254 g/mol. The lowest BCUT2D eigenvalue weighted by Crippen LogP contribution is -2.12. The molecule has 0 radical (unpaired) electrons. The molecule has 0 aliphatic rings. The average Bonchev–Trinajstić information content (AvgIpc) is 2.74. The minimum atomic E-state index is -0.369. The third-order valence-corrected chi connectivity index (χ3v) is 2.67. The highest BCUT2D eigenvalue weighted by Crippen LogP contribution is 2.30. The third-order valence-electron chi connectivity index (χ3n) is 2.36. The van der Waals surface area contributed by atoms with Crippen LogP contribution in [0.15, 0.2) is 29.0 Å². The van der Waals surface area contributed by atoms with Crippen molar-refractivity contribution in [1.29, 1.82) is 0 Å². The van der Waals surface area contributed by atoms with Gasteiger partial charge in [-0.1, -0.05) is 18.5 Å². The van der Waals surface area contributed by atoms with Crippen molar-refractivity contribution in [1.82, 2.24) is 10.3 Å². The van der Waals surface area contributed by atoms with E-state index in [1.54, 1.807) is 6.07 Å². The molecule has 0 unspecified atom stereocenters. The normalized spacial score (nSPS) is 10.8. The Morgan fingerprint density at radius 3 is 3.00 bits per heavy atom. The fourth-order valence-electron chi connectivity index (χ4n) is 1.53. The molecule has 1 aromatic carbocycles. The van der Waals surface area contributed by atoms with Crippen molar-refractivity contribution in [2.24, 2.45) is 0 Å². The van der Waals surface area contributed by atoms with Gasteiger partial charge in [-0.3, -0.25) is 0 Å². The minimum Gasteiger partial charge on any atom is -0.443 e. The van der Waals surface area contributed by atoms with Crippen LogP contribution in [-0.2, 0) is 6.54 Å². The Kier molecular flexibility index (Phi) is 3.76. The second-order valence-electron chi connectivity index (χ2n) is 3.53. The fourth-order valence-corrected chi connectivity index (χ4v) is 1.78. The van der Waals surface area contributed by atoms with Crippen LogP contribution >= 0.6 is 11.6 Å². The molecule has 0 spiro atoms. The molecule has 0 fully saturated rings. The number of rotatable bonds is 4. The molecule has 2 aromatic rings. The van der Waals surface area contributed by atoms with Crippen molar-refractivity contribution >= 4 is 11.6 Å². The van der Waals surface area contributed by atoms with Gasteiger partial charge in [-0.05, 0) is 24.7 Å². The summed E-state index contributed by atoms with van der Waals surface area (Å²) < 4.78 is 18.3. The van der Waals surface area contributed by atoms with Gasteiger partial charge in [0.05, 0.1) is 5.02 Å². The van der Waals surface area contributed by atoms with E-state index in [1.165, 1.54) is 18.5 Å². The molecule has 0 bridgehead atoms. The van der Waals surface area contributed by atoms with Gasteiger partial charge in [-0.2, -0.15) is 0 Å². The molecule has 17 heavy (non-hydrogen) atoms. The topological polar surface area (TPSA) is 38.1 Å². The van der Waals surface area contributed by atoms with E-state index >= 15 is 0 Å². The number of nitrogens with zero attached hydrogens (tertiary/aromatic N) is 1. The van der Waals surface area contributed by atoms with E-state index in [2.05, 4.69) is 10.3 Å². The quantitative estimate of drug-likeness (QED) is 0.910. The highest BCUT2D eigenvalue weighted by atomic mass is 35.5. The van der Waals surface area contributed by atoms with E-state index in [4.69, 9.17) is 16.0 Å². The van der Waals surface area contributed by atoms with Crippen molar-refractivity contribution in [3.05, 3.63) is 41.1 Å². The molecule has 2 rings (SSSR count). The SMILES string of the molecule is CCNCc1ncoc1-c1ccc(F)cc1Cl. The number of hydrogen-bond donors (Lipinski definition) is 1. The molecule has 1 aromatic heterocycles. The lowest BCUT2D eigenvalue weighted by molar-refractivity contribution is 0.569. The summed E-state index contributed by atoms with van der Waals surface area (Å²) >= 11 is 5.98. The zero-order valence-corrected chi connectivity index (χ0v) is 10.1. The van der Waals surface area contributed by atoms with Crippen molar-refractivity contribution in [2.75, 3.05) is 6.54 Å². The standard InChI is InChI=1S/C12H12ClFN2O/c1-2-15-6-11-12(17-7-16-11)9-4-3-8(14)5-10(9)13/h3-5,7,15H,2,6H2,1H3. The first-order valence-corrected chi connectivity index (χ1v) is 5.68. The minimum absolute atomic E-state index is 0.319. The van der Waals surface area contributed by atoms with Crippen molar-refractivity contribution in [3.8, 4) is 11.3 Å². The Hall–Kier alpha value is -1.39. The van der Waals surface area contributed by atoms with Crippen LogP contribution in [0.3, 0.4) is 0 Å². The lowest BCUT2D eigenvalue weighted by atomic mass is 10.1. The van der Waals surface area contributed by atoms with E-state index in [1.807, 2.05) is 6.92 Å². The summed E-state index contributed by atoms with van der Waals surface area (Å²) in [6, 6.07) is 4.20. The first-order chi connectivity index (χ1) is 8.22. The van der Waals surface area contributed by atoms with Crippen LogP contribution < -0.4 is 5.32 Å². The lowest BCUT2D eigenvalue weighted by Gasteiger charge is -2.04. The van der Waals surface area contributed by atoms with Crippen LogP contribution in [0.1, 0.15) is 12.6 Å². The number of benzene rings is 1. The summed E-state index contributed by atoms with van der Waals surface area (Å²) in [5.41, 5.74) is 1.42. The first kappa shape index (κ1) is 12.1. The summed E-state index contributed by atoms with van der Waals surface area (Å²) in [7, 11) is 0. The Labute approximate surface area is 104 Å². The summed E-state index contributed by atoms with van der Waals surface area (Å²) in [4.78, 5) is 4.11. The van der Waals surface area contributed by atoms with E-state index in [9.17, 15) is 4.39 Å². The third kappa shape index (κ3) is 2.65. The van der Waals surface area contributed by atoms with Gasteiger partial charge in [-0.25, -0.2) is 9.37 Å². The average molecular weight is 255 g/mol. The predicted molar refractivity (Wildman–Crippen MR) is 64.3 cm³/mol. The van der Waals surface area contributed by atoms with Crippen molar-refractivity contribution in [2.45, 2.75) is 13.5 Å². The molecule has 0 aliphatic heterocycles. The number of nitrogens with one attached hydrogen (secondary N) is 1. The molecule has 3 nitrogen and oxygen atoms in total. The van der Waals surface area contributed by atoms with Gasteiger partial charge in [0.1, 0.15) is 11.5 Å². The molecular formula is C12H12ClFN2O. The maximum absolute atomic E-state index is 12.9. The van der Waals surface area contributed by atoms with Crippen LogP contribution in [0.5, 0.6) is 0 Å². The molecule has 0 saturated heterocycles. The fraction of sp³-hybridized carbons (Fsp3) is 0.250. The van der Waals surface area contributed by atoms with Crippen LogP contribution in [0.4, 0.5) is 4.39 Å². The van der Waals surface area contributed by atoms with Gasteiger partial charge in [-0.15, -0.1) is 0 Å². The molecule has 0 atom stereocenters. The molecule has 1 N–H and O–H groups in total. The molecule has 5 heteroatoms. The molecule has 0 amide bonds. The second kappa shape index (κ2) is 5.29. The number of aromatic nitrogens is 1. The summed E-state index contributed by atoms with van der Waals surface area (Å²) in [5.74, 6) is 0.211. The number of hydrogen-bond acceptors (Lipinski definition) is 3. The largest absolute Gasteiger partial charge is 0.443 e. The van der Waals surface area contributed by atoms with Crippen LogP contribution in [0.2, 0.25) is 5.02 Å². The Balaban J connectivity index is 2.35. The van der Waals surface area contributed by atoms with E-state index in [-0.39, 0.29) is 5.82 Å². The smallest absolute Gasteiger partial charge is 0.181 e. The first-order valence-electron chi connectivity index (χ1n) is 5.31. The van der Waals surface area contributed by atoms with Gasteiger partial charge in [0.15, 0.2) is 12.2 Å². The summed E-state index contributed by atoms with van der Waals surface area (Å²) in [6.07, 6.45) is 1.36. The van der Waals surface area contributed by atoms with Gasteiger partial charge >= 0.3 is 0 Å². The van der Waals surface area contributed by atoms with Crippen LogP contribution in [0.25, 0.3) is 11.3 Å².